The molecular formula is C22H34O2. The van der Waals surface area contributed by atoms with Crippen LogP contribution >= 0.6 is 0 Å². The van der Waals surface area contributed by atoms with Crippen LogP contribution in [0.3, 0.4) is 0 Å². The number of hydrogen-bond acceptors (Lipinski definition) is 2. The predicted octanol–water partition coefficient (Wildman–Crippen LogP) is 4.76. The molecule has 0 bridgehead atoms. The van der Waals surface area contributed by atoms with Crippen LogP contribution in [0, 0.1) is 40.4 Å². The lowest BCUT2D eigenvalue weighted by atomic mass is 9.47. The van der Waals surface area contributed by atoms with E-state index in [2.05, 4.69) is 26.8 Å². The molecule has 3 saturated carbocycles. The van der Waals surface area contributed by atoms with E-state index in [4.69, 9.17) is 0 Å². The van der Waals surface area contributed by atoms with Crippen molar-refractivity contribution in [1.29, 1.82) is 0 Å². The Hall–Kier alpha value is -0.630. The SMILES string of the molecule is C[C@H](C=O)[C@H]1CCC2C3CC=C4CC(O)CC[C@]4(C)C3CC[C@@]21C. The van der Waals surface area contributed by atoms with E-state index in [1.54, 1.807) is 5.57 Å². The molecule has 4 rings (SSSR count). The van der Waals surface area contributed by atoms with Crippen molar-refractivity contribution in [1.82, 2.24) is 0 Å². The number of allylic oxidation sites excluding steroid dienone is 1. The van der Waals surface area contributed by atoms with Gasteiger partial charge in [-0.2, -0.15) is 0 Å². The number of carbonyl (C=O) groups excluding carboxylic acids is 1. The maximum atomic E-state index is 11.4. The topological polar surface area (TPSA) is 37.3 Å². The third-order valence-electron chi connectivity index (χ3n) is 9.00. The molecule has 4 aliphatic rings. The molecule has 4 aliphatic carbocycles. The first-order valence-corrected chi connectivity index (χ1v) is 10.2. The summed E-state index contributed by atoms with van der Waals surface area (Å²) in [5.41, 5.74) is 2.26. The third-order valence-corrected chi connectivity index (χ3v) is 9.00. The molecule has 0 aromatic rings. The fraction of sp³-hybridized carbons (Fsp3) is 0.864. The summed E-state index contributed by atoms with van der Waals surface area (Å²) in [6.45, 7) is 7.13. The van der Waals surface area contributed by atoms with Gasteiger partial charge in [-0.25, -0.2) is 0 Å². The van der Waals surface area contributed by atoms with Gasteiger partial charge in [-0.1, -0.05) is 32.4 Å². The molecule has 0 amide bonds. The summed E-state index contributed by atoms with van der Waals surface area (Å²) >= 11 is 0. The lowest BCUT2D eigenvalue weighted by molar-refractivity contribution is -0.115. The van der Waals surface area contributed by atoms with E-state index in [1.807, 2.05) is 0 Å². The van der Waals surface area contributed by atoms with Crippen molar-refractivity contribution in [3.63, 3.8) is 0 Å². The highest BCUT2D eigenvalue weighted by Gasteiger charge is 2.59. The molecule has 2 nitrogen and oxygen atoms in total. The van der Waals surface area contributed by atoms with Gasteiger partial charge in [-0.05, 0) is 85.9 Å². The van der Waals surface area contributed by atoms with Crippen LogP contribution in [0.1, 0.15) is 72.1 Å². The van der Waals surface area contributed by atoms with Crippen LogP contribution in [0.15, 0.2) is 11.6 Å². The Labute approximate surface area is 147 Å². The van der Waals surface area contributed by atoms with Gasteiger partial charge < -0.3 is 9.90 Å². The Bertz CT molecular complexity index is 552. The van der Waals surface area contributed by atoms with Crippen molar-refractivity contribution in [3.05, 3.63) is 11.6 Å². The molecule has 24 heavy (non-hydrogen) atoms. The highest BCUT2D eigenvalue weighted by atomic mass is 16.3. The normalized spacial score (nSPS) is 51.8. The van der Waals surface area contributed by atoms with Crippen LogP contribution in [-0.2, 0) is 4.79 Å². The van der Waals surface area contributed by atoms with Gasteiger partial charge in [-0.3, -0.25) is 0 Å². The first-order chi connectivity index (χ1) is 11.4. The predicted molar refractivity (Wildman–Crippen MR) is 96.4 cm³/mol. The number of aliphatic hydroxyl groups is 1. The van der Waals surface area contributed by atoms with Crippen LogP contribution in [0.5, 0.6) is 0 Å². The molecule has 0 heterocycles. The molecule has 0 spiro atoms. The average Bonchev–Trinajstić information content (AvgIpc) is 2.92. The number of hydrogen-bond donors (Lipinski definition) is 1. The number of fused-ring (bicyclic) bond motifs is 5. The number of aliphatic hydroxyl groups excluding tert-OH is 1. The molecule has 8 atom stereocenters. The lowest BCUT2D eigenvalue weighted by Crippen LogP contribution is -2.50. The van der Waals surface area contributed by atoms with Gasteiger partial charge in [0.2, 0.25) is 0 Å². The van der Waals surface area contributed by atoms with Crippen LogP contribution < -0.4 is 0 Å². The van der Waals surface area contributed by atoms with Gasteiger partial charge in [0.15, 0.2) is 0 Å². The third kappa shape index (κ3) is 2.21. The first kappa shape index (κ1) is 16.8. The highest BCUT2D eigenvalue weighted by Crippen LogP contribution is 2.66. The van der Waals surface area contributed by atoms with Gasteiger partial charge in [-0.15, -0.1) is 0 Å². The fourth-order valence-electron chi connectivity index (χ4n) is 7.64. The van der Waals surface area contributed by atoms with Crippen molar-refractivity contribution in [3.8, 4) is 0 Å². The molecule has 0 aliphatic heterocycles. The summed E-state index contributed by atoms with van der Waals surface area (Å²) in [6, 6.07) is 0. The molecule has 0 saturated heterocycles. The van der Waals surface area contributed by atoms with Crippen LogP contribution in [0.2, 0.25) is 0 Å². The average molecular weight is 331 g/mol. The largest absolute Gasteiger partial charge is 0.393 e. The highest BCUT2D eigenvalue weighted by molar-refractivity contribution is 5.53. The summed E-state index contributed by atoms with van der Waals surface area (Å²) < 4.78 is 0. The van der Waals surface area contributed by atoms with E-state index >= 15 is 0 Å². The Kier molecular flexibility index (Phi) is 3.99. The van der Waals surface area contributed by atoms with Gasteiger partial charge in [0.1, 0.15) is 6.29 Å². The lowest BCUT2D eigenvalue weighted by Gasteiger charge is -2.58. The first-order valence-electron chi connectivity index (χ1n) is 10.2. The minimum atomic E-state index is -0.112. The zero-order valence-electron chi connectivity index (χ0n) is 15.6. The van der Waals surface area contributed by atoms with E-state index in [1.165, 1.54) is 44.8 Å². The van der Waals surface area contributed by atoms with Crippen molar-refractivity contribution in [2.75, 3.05) is 0 Å². The standard InChI is InChI=1S/C22H34O2/c1-14(13-23)18-6-7-19-17-5-4-15-12-16(24)8-10-21(15,2)20(17)9-11-22(18,19)3/h4,13-14,16-20,24H,5-12H2,1-3H3/t14-,16?,17?,18-,19?,20?,21+,22-/m1/s1. The Balaban J connectivity index is 1.64. The maximum absolute atomic E-state index is 11.4. The number of aldehydes is 1. The van der Waals surface area contributed by atoms with Crippen molar-refractivity contribution in [2.45, 2.75) is 78.2 Å². The fourth-order valence-corrected chi connectivity index (χ4v) is 7.64. The smallest absolute Gasteiger partial charge is 0.123 e. The van der Waals surface area contributed by atoms with Crippen molar-refractivity contribution < 1.29 is 9.90 Å². The zero-order valence-corrected chi connectivity index (χ0v) is 15.6. The molecule has 3 fully saturated rings. The minimum absolute atomic E-state index is 0.112. The quantitative estimate of drug-likeness (QED) is 0.585. The Morgan fingerprint density at radius 3 is 2.71 bits per heavy atom. The molecule has 4 unspecified atom stereocenters. The minimum Gasteiger partial charge on any atom is -0.393 e. The number of carbonyl (C=O) groups is 1. The van der Waals surface area contributed by atoms with E-state index in [9.17, 15) is 9.90 Å². The Morgan fingerprint density at radius 2 is 1.96 bits per heavy atom. The monoisotopic (exact) mass is 330 g/mol. The van der Waals surface area contributed by atoms with Gasteiger partial charge >= 0.3 is 0 Å². The molecule has 2 heteroatoms. The second-order valence-corrected chi connectivity index (χ2v) is 9.88. The van der Waals surface area contributed by atoms with Crippen molar-refractivity contribution >= 4 is 6.29 Å². The van der Waals surface area contributed by atoms with Crippen molar-refractivity contribution in [2.24, 2.45) is 40.4 Å². The van der Waals surface area contributed by atoms with Crippen LogP contribution in [0.25, 0.3) is 0 Å². The van der Waals surface area contributed by atoms with E-state index < -0.39 is 0 Å². The number of rotatable bonds is 2. The summed E-state index contributed by atoms with van der Waals surface area (Å²) in [6.07, 6.45) is 13.0. The van der Waals surface area contributed by atoms with Gasteiger partial charge in [0, 0.05) is 5.92 Å². The molecule has 0 radical (unpaired) electrons. The molecular weight excluding hydrogens is 296 g/mol. The summed E-state index contributed by atoms with van der Waals surface area (Å²) in [5, 5.41) is 10.1. The molecule has 1 N–H and O–H groups in total. The van der Waals surface area contributed by atoms with Gasteiger partial charge in [0.25, 0.3) is 0 Å². The second-order valence-electron chi connectivity index (χ2n) is 9.88. The summed E-state index contributed by atoms with van der Waals surface area (Å²) in [5.74, 6) is 3.20. The van der Waals surface area contributed by atoms with Gasteiger partial charge in [0.05, 0.1) is 6.10 Å². The molecule has 0 aromatic heterocycles. The van der Waals surface area contributed by atoms with E-state index in [0.29, 0.717) is 16.7 Å². The second kappa shape index (κ2) is 5.69. The molecule has 134 valence electrons. The maximum Gasteiger partial charge on any atom is 0.123 e. The van der Waals surface area contributed by atoms with Crippen LogP contribution in [0.4, 0.5) is 0 Å². The Morgan fingerprint density at radius 1 is 1.17 bits per heavy atom. The summed E-state index contributed by atoms with van der Waals surface area (Å²) in [7, 11) is 0. The zero-order chi connectivity index (χ0) is 17.1. The summed E-state index contributed by atoms with van der Waals surface area (Å²) in [4.78, 5) is 11.4. The van der Waals surface area contributed by atoms with E-state index in [-0.39, 0.29) is 12.0 Å². The molecule has 0 aromatic carbocycles. The van der Waals surface area contributed by atoms with Crippen LogP contribution in [-0.4, -0.2) is 17.5 Å². The van der Waals surface area contributed by atoms with E-state index in [0.717, 1.165) is 30.6 Å².